The molecule has 1 aromatic heterocycles. The van der Waals surface area contributed by atoms with Gasteiger partial charge < -0.3 is 10.0 Å². The normalized spacial score (nSPS) is 18.6. The average Bonchev–Trinajstić information content (AvgIpc) is 2.89. The molecule has 1 fully saturated rings. The molecule has 1 unspecified atom stereocenters. The number of hydrogen-bond donors (Lipinski definition) is 1. The maximum Gasteiger partial charge on any atom is 0.227 e. The monoisotopic (exact) mass is 269 g/mol. The first kappa shape index (κ1) is 12.7. The number of aliphatic hydroxyl groups is 1. The second-order valence-electron chi connectivity index (χ2n) is 4.93. The van der Waals surface area contributed by atoms with Crippen molar-refractivity contribution < 1.29 is 9.90 Å². The van der Waals surface area contributed by atoms with Crippen LogP contribution in [0.5, 0.6) is 0 Å². The van der Waals surface area contributed by atoms with E-state index in [9.17, 15) is 4.79 Å². The third kappa shape index (κ3) is 2.40. The van der Waals surface area contributed by atoms with Crippen molar-refractivity contribution in [3.8, 4) is 11.1 Å². The van der Waals surface area contributed by atoms with Crippen molar-refractivity contribution in [2.24, 2.45) is 5.92 Å². The minimum atomic E-state index is 0.0460. The molecule has 2 heterocycles. The molecule has 1 saturated heterocycles. The molecule has 1 N–H and O–H groups in total. The molecule has 1 aliphatic heterocycles. The molecule has 1 aromatic carbocycles. The number of rotatable bonds is 3. The van der Waals surface area contributed by atoms with E-state index in [4.69, 9.17) is 5.11 Å². The molecule has 1 amide bonds. The highest BCUT2D eigenvalue weighted by atomic mass is 16.3. The zero-order valence-electron chi connectivity index (χ0n) is 10.9. The van der Waals surface area contributed by atoms with Gasteiger partial charge in [-0.05, 0) is 17.7 Å². The maximum atomic E-state index is 11.9. The third-order valence-corrected chi connectivity index (χ3v) is 3.54. The lowest BCUT2D eigenvalue weighted by atomic mass is 10.1. The summed E-state index contributed by atoms with van der Waals surface area (Å²) < 4.78 is 0. The first-order chi connectivity index (χ1) is 9.78. The Labute approximate surface area is 116 Å². The van der Waals surface area contributed by atoms with E-state index < -0.39 is 0 Å². The summed E-state index contributed by atoms with van der Waals surface area (Å²) in [6, 6.07) is 7.74. The molecular weight excluding hydrogens is 254 g/mol. The Kier molecular flexibility index (Phi) is 3.43. The SMILES string of the molecule is O=C1CC(CO)CN1c1ccc(-c2cncnc2)cc1. The molecule has 1 aliphatic rings. The quantitative estimate of drug-likeness (QED) is 0.916. The summed E-state index contributed by atoms with van der Waals surface area (Å²) in [5.74, 6) is 0.115. The van der Waals surface area contributed by atoms with Crippen molar-refractivity contribution in [1.82, 2.24) is 9.97 Å². The highest BCUT2D eigenvalue weighted by molar-refractivity contribution is 5.95. The number of hydrogen-bond acceptors (Lipinski definition) is 4. The maximum absolute atomic E-state index is 11.9. The van der Waals surface area contributed by atoms with Gasteiger partial charge in [0.2, 0.25) is 5.91 Å². The average molecular weight is 269 g/mol. The first-order valence-corrected chi connectivity index (χ1v) is 6.54. The zero-order valence-corrected chi connectivity index (χ0v) is 10.9. The lowest BCUT2D eigenvalue weighted by molar-refractivity contribution is -0.117. The Morgan fingerprint density at radius 2 is 1.85 bits per heavy atom. The number of nitrogens with zero attached hydrogens (tertiary/aromatic N) is 3. The molecule has 20 heavy (non-hydrogen) atoms. The van der Waals surface area contributed by atoms with Gasteiger partial charge >= 0.3 is 0 Å². The van der Waals surface area contributed by atoms with Gasteiger partial charge in [0.1, 0.15) is 6.33 Å². The van der Waals surface area contributed by atoms with Crippen LogP contribution in [-0.4, -0.2) is 34.1 Å². The van der Waals surface area contributed by atoms with Crippen molar-refractivity contribution in [2.45, 2.75) is 6.42 Å². The van der Waals surface area contributed by atoms with Crippen LogP contribution in [0.15, 0.2) is 43.0 Å². The van der Waals surface area contributed by atoms with Gasteiger partial charge in [-0.1, -0.05) is 12.1 Å². The van der Waals surface area contributed by atoms with E-state index in [1.165, 1.54) is 6.33 Å². The minimum absolute atomic E-state index is 0.0460. The molecule has 1 atom stereocenters. The number of anilines is 1. The number of carbonyl (C=O) groups is 1. The Balaban J connectivity index is 1.82. The Morgan fingerprint density at radius 1 is 1.15 bits per heavy atom. The van der Waals surface area contributed by atoms with Gasteiger partial charge in [0.05, 0.1) is 0 Å². The van der Waals surface area contributed by atoms with Gasteiger partial charge in [0.25, 0.3) is 0 Å². The summed E-state index contributed by atoms with van der Waals surface area (Å²) in [5, 5.41) is 9.15. The van der Waals surface area contributed by atoms with Crippen molar-refractivity contribution in [3.05, 3.63) is 43.0 Å². The van der Waals surface area contributed by atoms with Gasteiger partial charge in [-0.25, -0.2) is 9.97 Å². The van der Waals surface area contributed by atoms with Gasteiger partial charge in [0.15, 0.2) is 0 Å². The van der Waals surface area contributed by atoms with Crippen molar-refractivity contribution in [3.63, 3.8) is 0 Å². The summed E-state index contributed by atoms with van der Waals surface area (Å²) in [5.41, 5.74) is 2.83. The van der Waals surface area contributed by atoms with Gasteiger partial charge in [-0.3, -0.25) is 4.79 Å². The van der Waals surface area contributed by atoms with Crippen LogP contribution >= 0.6 is 0 Å². The molecule has 0 bridgehead atoms. The van der Waals surface area contributed by atoms with E-state index in [0.29, 0.717) is 13.0 Å². The van der Waals surface area contributed by atoms with Crippen LogP contribution < -0.4 is 4.90 Å². The summed E-state index contributed by atoms with van der Waals surface area (Å²) >= 11 is 0. The number of amides is 1. The fourth-order valence-corrected chi connectivity index (χ4v) is 2.44. The fourth-order valence-electron chi connectivity index (χ4n) is 2.44. The van der Waals surface area contributed by atoms with E-state index in [1.807, 2.05) is 24.3 Å². The first-order valence-electron chi connectivity index (χ1n) is 6.54. The highest BCUT2D eigenvalue weighted by Gasteiger charge is 2.29. The van der Waals surface area contributed by atoms with Crippen LogP contribution in [0.2, 0.25) is 0 Å². The van der Waals surface area contributed by atoms with Crippen molar-refractivity contribution in [2.75, 3.05) is 18.1 Å². The van der Waals surface area contributed by atoms with E-state index in [2.05, 4.69) is 9.97 Å². The number of carbonyl (C=O) groups excluding carboxylic acids is 1. The number of aliphatic hydroxyl groups excluding tert-OH is 1. The van der Waals surface area contributed by atoms with E-state index >= 15 is 0 Å². The predicted molar refractivity (Wildman–Crippen MR) is 75.0 cm³/mol. The van der Waals surface area contributed by atoms with Gasteiger partial charge in [-0.15, -0.1) is 0 Å². The lowest BCUT2D eigenvalue weighted by Gasteiger charge is -2.16. The largest absolute Gasteiger partial charge is 0.396 e. The zero-order chi connectivity index (χ0) is 13.9. The van der Waals surface area contributed by atoms with Gasteiger partial charge in [-0.2, -0.15) is 0 Å². The van der Waals surface area contributed by atoms with Crippen LogP contribution in [0.4, 0.5) is 5.69 Å². The van der Waals surface area contributed by atoms with Crippen LogP contribution in [0.3, 0.4) is 0 Å². The van der Waals surface area contributed by atoms with Crippen molar-refractivity contribution in [1.29, 1.82) is 0 Å². The third-order valence-electron chi connectivity index (χ3n) is 3.54. The Hall–Kier alpha value is -2.27. The molecule has 5 heteroatoms. The van der Waals surface area contributed by atoms with E-state index in [0.717, 1.165) is 16.8 Å². The molecular formula is C15H15N3O2. The minimum Gasteiger partial charge on any atom is -0.396 e. The molecule has 0 radical (unpaired) electrons. The molecule has 5 nitrogen and oxygen atoms in total. The van der Waals surface area contributed by atoms with Crippen LogP contribution in [0, 0.1) is 5.92 Å². The molecule has 2 aromatic rings. The van der Waals surface area contributed by atoms with Crippen LogP contribution in [-0.2, 0) is 4.79 Å². The summed E-state index contributed by atoms with van der Waals surface area (Å²) in [4.78, 5) is 21.6. The topological polar surface area (TPSA) is 66.3 Å². The molecule has 0 saturated carbocycles. The standard InChI is InChI=1S/C15H15N3O2/c19-9-11-5-15(20)18(8-11)14-3-1-12(2-4-14)13-6-16-10-17-7-13/h1-4,6-7,10-11,19H,5,8-9H2. The summed E-state index contributed by atoms with van der Waals surface area (Å²) in [6.45, 7) is 0.644. The molecule has 0 aliphatic carbocycles. The van der Waals surface area contributed by atoms with E-state index in [-0.39, 0.29) is 18.4 Å². The van der Waals surface area contributed by atoms with Crippen molar-refractivity contribution >= 4 is 11.6 Å². The van der Waals surface area contributed by atoms with Crippen LogP contribution in [0.25, 0.3) is 11.1 Å². The summed E-state index contributed by atoms with van der Waals surface area (Å²) in [7, 11) is 0. The number of aromatic nitrogens is 2. The second-order valence-corrected chi connectivity index (χ2v) is 4.93. The number of benzene rings is 1. The highest BCUT2D eigenvalue weighted by Crippen LogP contribution is 2.27. The Morgan fingerprint density at radius 3 is 2.45 bits per heavy atom. The predicted octanol–water partition coefficient (Wildman–Crippen LogP) is 1.49. The molecule has 102 valence electrons. The van der Waals surface area contributed by atoms with Crippen LogP contribution in [0.1, 0.15) is 6.42 Å². The van der Waals surface area contributed by atoms with E-state index in [1.54, 1.807) is 17.3 Å². The summed E-state index contributed by atoms with van der Waals surface area (Å²) in [6.07, 6.45) is 5.43. The Bertz CT molecular complexity index is 598. The molecule has 3 rings (SSSR count). The fraction of sp³-hybridized carbons (Fsp3) is 0.267. The smallest absolute Gasteiger partial charge is 0.227 e. The van der Waals surface area contributed by atoms with Gasteiger partial charge in [0, 0.05) is 49.1 Å². The second kappa shape index (κ2) is 5.38. The molecule has 0 spiro atoms. The lowest BCUT2D eigenvalue weighted by Crippen LogP contribution is -2.24.